The van der Waals surface area contributed by atoms with E-state index in [2.05, 4.69) is 303 Å². The van der Waals surface area contributed by atoms with E-state index >= 15 is 0 Å². The van der Waals surface area contributed by atoms with Gasteiger partial charge in [0.15, 0.2) is 0 Å². The van der Waals surface area contributed by atoms with Crippen molar-refractivity contribution in [3.05, 3.63) is 199 Å². The molecule has 5 aromatic carbocycles. The van der Waals surface area contributed by atoms with Gasteiger partial charge in [-0.25, -0.2) is 14.8 Å². The van der Waals surface area contributed by atoms with Gasteiger partial charge >= 0.3 is 5.97 Å². The van der Waals surface area contributed by atoms with Gasteiger partial charge in [0.2, 0.25) is 0 Å². The molecule has 0 radical (unpaired) electrons. The Morgan fingerprint density at radius 2 is 0.604 bits per heavy atom. The predicted octanol–water partition coefficient (Wildman–Crippen LogP) is 22.8. The lowest BCUT2D eigenvalue weighted by atomic mass is 9.78. The van der Waals surface area contributed by atoms with E-state index in [0.717, 1.165) is 94.9 Å². The number of hydrogen-bond acceptors (Lipinski definition) is 3. The Hall–Kier alpha value is -8.27. The molecule has 10 rings (SSSR count). The summed E-state index contributed by atoms with van der Waals surface area (Å²) >= 11 is 0. The van der Waals surface area contributed by atoms with Crippen molar-refractivity contribution in [2.45, 2.75) is 209 Å². The maximum absolute atomic E-state index is 12.1. The first kappa shape index (κ1) is 65.7. The predicted molar refractivity (Wildman–Crippen MR) is 390 cm³/mol. The molecule has 5 heterocycles. The van der Waals surface area contributed by atoms with E-state index in [1.165, 1.54) is 44.5 Å². The zero-order valence-electron chi connectivity index (χ0n) is 59.0. The first-order chi connectivity index (χ1) is 41.9. The molecule has 0 atom stereocenters. The second-order valence-corrected chi connectivity index (χ2v) is 34.0. The van der Waals surface area contributed by atoms with Crippen LogP contribution in [0.5, 0.6) is 0 Å². The minimum atomic E-state index is -0.982. The van der Waals surface area contributed by atoms with Crippen molar-refractivity contribution in [3.8, 4) is 56.3 Å². The van der Waals surface area contributed by atoms with Crippen LogP contribution < -0.4 is 0 Å². The van der Waals surface area contributed by atoms with Gasteiger partial charge in [0.25, 0.3) is 0 Å². The summed E-state index contributed by atoms with van der Waals surface area (Å²) in [7, 11) is 0. The van der Waals surface area contributed by atoms with Crippen LogP contribution in [0.15, 0.2) is 115 Å². The molecule has 8 bridgehead atoms. The first-order valence-electron chi connectivity index (χ1n) is 32.6. The van der Waals surface area contributed by atoms with Crippen LogP contribution in [0.4, 0.5) is 0 Å². The number of H-pyrrole nitrogens is 2. The summed E-state index contributed by atoms with van der Waals surface area (Å²) in [6.45, 7) is 55.1. The number of benzene rings is 5. The summed E-state index contributed by atoms with van der Waals surface area (Å²) in [6.07, 6.45) is 8.84. The summed E-state index contributed by atoms with van der Waals surface area (Å²) in [6, 6.07) is 42.1. The quantitative estimate of drug-likeness (QED) is 0.150. The monoisotopic (exact) mass is 1210 g/mol. The average Bonchev–Trinajstić information content (AvgIpc) is 1.68. The fourth-order valence-electron chi connectivity index (χ4n) is 12.0. The summed E-state index contributed by atoms with van der Waals surface area (Å²) in [4.78, 5) is 32.3. The molecule has 91 heavy (non-hydrogen) atoms. The van der Waals surface area contributed by atoms with E-state index in [4.69, 9.17) is 9.97 Å². The molecule has 8 aromatic rings. The number of fused-ring (bicyclic) bond motifs is 8. The fraction of sp³-hybridized carbons (Fsp3) is 0.376. The number of carboxylic acids is 1. The molecule has 3 aromatic heterocycles. The van der Waals surface area contributed by atoms with Gasteiger partial charge in [0, 0.05) is 44.4 Å². The van der Waals surface area contributed by atoms with Crippen molar-refractivity contribution >= 4 is 52.3 Å². The molecule has 0 saturated heterocycles. The second kappa shape index (κ2) is 22.8. The summed E-state index contributed by atoms with van der Waals surface area (Å²) in [5.74, 6) is 6.25. The topological polar surface area (TPSA) is 94.7 Å². The standard InChI is InChI=1S/C85H98N4O2/c1-78(2,3)57-37-53(38-58(46-57)79(4,5)6)72-65-31-32-66(86-65)73(54-39-59(80(7,8)9)47-60(40-54)81(10,11)12)68-35-36-70(88-68)75(56-43-63(84(19,20)21)49-64(44-56)85(22,23)24)76-52(30-27-50-25-28-51(29-26-50)77(90)91)45-71(89-76)74(69-34-33-67(72)87-69)55-41-61(82(13,14)15)48-62(42-55)83(16,17)18/h25-26,28-29,31-49,86,89H,1-24H3,(H,90,91). The number of nitrogens with one attached hydrogen (secondary N) is 2. The molecular formula is C85H98N4O2. The maximum Gasteiger partial charge on any atom is 0.335 e. The third-order valence-corrected chi connectivity index (χ3v) is 18.2. The van der Waals surface area contributed by atoms with Crippen LogP contribution in [0.1, 0.15) is 255 Å². The molecule has 0 aliphatic carbocycles. The van der Waals surface area contributed by atoms with Gasteiger partial charge in [-0.2, -0.15) is 0 Å². The van der Waals surface area contributed by atoms with E-state index in [-0.39, 0.29) is 48.9 Å². The summed E-state index contributed by atoms with van der Waals surface area (Å²) in [5, 5.41) is 9.94. The van der Waals surface area contributed by atoms with Crippen molar-refractivity contribution in [1.82, 2.24) is 19.9 Å². The van der Waals surface area contributed by atoms with E-state index in [1.54, 1.807) is 24.3 Å². The molecule has 3 N–H and O–H groups in total. The third-order valence-electron chi connectivity index (χ3n) is 18.2. The summed E-state index contributed by atoms with van der Waals surface area (Å²) < 4.78 is 0. The molecule has 6 heteroatoms. The highest BCUT2D eigenvalue weighted by atomic mass is 16.4. The Kier molecular flexibility index (Phi) is 16.5. The second-order valence-electron chi connectivity index (χ2n) is 34.0. The van der Waals surface area contributed by atoms with E-state index in [0.29, 0.717) is 5.56 Å². The number of aromatic nitrogens is 4. The Bertz CT molecular complexity index is 4410. The van der Waals surface area contributed by atoms with Crippen LogP contribution in [0.2, 0.25) is 0 Å². The highest BCUT2D eigenvalue weighted by molar-refractivity contribution is 6.02. The van der Waals surface area contributed by atoms with Crippen molar-refractivity contribution in [2.24, 2.45) is 0 Å². The van der Waals surface area contributed by atoms with E-state index < -0.39 is 5.97 Å². The van der Waals surface area contributed by atoms with Crippen LogP contribution in [-0.4, -0.2) is 31.0 Å². The van der Waals surface area contributed by atoms with Crippen LogP contribution in [0, 0.1) is 11.8 Å². The fourth-order valence-corrected chi connectivity index (χ4v) is 12.0. The minimum absolute atomic E-state index is 0.152. The van der Waals surface area contributed by atoms with Gasteiger partial charge in [0.1, 0.15) is 0 Å². The third kappa shape index (κ3) is 13.8. The Morgan fingerprint density at radius 1 is 0.330 bits per heavy atom. The number of carboxylic acid groups (broad SMARTS) is 1. The molecule has 0 spiro atoms. The molecule has 6 nitrogen and oxygen atoms in total. The first-order valence-corrected chi connectivity index (χ1v) is 32.6. The van der Waals surface area contributed by atoms with Crippen molar-refractivity contribution < 1.29 is 9.90 Å². The lowest BCUT2D eigenvalue weighted by Gasteiger charge is -2.26. The van der Waals surface area contributed by atoms with E-state index in [1.807, 2.05) is 0 Å². The van der Waals surface area contributed by atoms with Gasteiger partial charge in [-0.3, -0.25) is 0 Å². The molecule has 0 saturated carbocycles. The van der Waals surface area contributed by atoms with Crippen LogP contribution in [0.25, 0.3) is 90.9 Å². The zero-order chi connectivity index (χ0) is 66.7. The van der Waals surface area contributed by atoms with Crippen molar-refractivity contribution in [2.75, 3.05) is 0 Å². The van der Waals surface area contributed by atoms with Crippen LogP contribution in [-0.2, 0) is 43.3 Å². The van der Waals surface area contributed by atoms with E-state index in [9.17, 15) is 9.90 Å². The smallest absolute Gasteiger partial charge is 0.335 e. The molecular weight excluding hydrogens is 1110 g/mol. The molecule has 0 unspecified atom stereocenters. The number of nitrogens with zero attached hydrogens (tertiary/aromatic N) is 2. The normalized spacial score (nSPS) is 13.4. The molecule has 2 aliphatic rings. The largest absolute Gasteiger partial charge is 0.478 e. The Morgan fingerprint density at radius 3 is 0.890 bits per heavy atom. The van der Waals surface area contributed by atoms with Gasteiger partial charge in [-0.1, -0.05) is 251 Å². The number of aromatic amines is 2. The van der Waals surface area contributed by atoms with Gasteiger partial charge in [-0.05, 0) is 177 Å². The molecule has 470 valence electrons. The zero-order valence-corrected chi connectivity index (χ0v) is 59.0. The van der Waals surface area contributed by atoms with Gasteiger partial charge < -0.3 is 15.1 Å². The number of rotatable bonds is 5. The van der Waals surface area contributed by atoms with Gasteiger partial charge in [0.05, 0.1) is 39.4 Å². The average molecular weight is 1210 g/mol. The lowest BCUT2D eigenvalue weighted by Crippen LogP contribution is -2.16. The Balaban J connectivity index is 1.52. The van der Waals surface area contributed by atoms with Gasteiger partial charge in [-0.15, -0.1) is 0 Å². The van der Waals surface area contributed by atoms with Crippen LogP contribution in [0.3, 0.4) is 0 Å². The Labute approximate surface area is 544 Å². The molecule has 2 aliphatic heterocycles. The minimum Gasteiger partial charge on any atom is -0.478 e. The van der Waals surface area contributed by atoms with Crippen molar-refractivity contribution in [3.63, 3.8) is 0 Å². The highest BCUT2D eigenvalue weighted by Crippen LogP contribution is 2.46. The maximum atomic E-state index is 12.1. The van der Waals surface area contributed by atoms with Crippen molar-refractivity contribution in [1.29, 1.82) is 0 Å². The number of carbonyl (C=O) groups is 1. The highest BCUT2D eigenvalue weighted by Gasteiger charge is 2.30. The molecule has 0 fully saturated rings. The number of hydrogen-bond donors (Lipinski definition) is 3. The SMILES string of the molecule is CC(C)(C)c1cc(-c2c3nc(c(-c4cc(C(C)(C)C)cc(C(C)(C)C)c4)c4cc(C#Cc5ccc(C(=O)O)cc5)c([nH]4)c(-c4cc(C(C)(C)C)cc(C(C)(C)C)c4)c4nc(c(-c5cc(C(C)(C)C)cc(C(C)(C)C)c5)c5ccc2[nH]5)C=C4)C=C3)cc(C(C)(C)C)c1. The van der Waals surface area contributed by atoms with Crippen LogP contribution >= 0.6 is 0 Å². The lowest BCUT2D eigenvalue weighted by molar-refractivity contribution is 0.0696. The summed E-state index contributed by atoms with van der Waals surface area (Å²) in [5.41, 5.74) is 25.1. The number of aromatic carboxylic acids is 1. The molecule has 0 amide bonds.